The molecule has 0 aromatic heterocycles. The first-order chi connectivity index (χ1) is 7.53. The molecule has 1 atom stereocenters. The third kappa shape index (κ3) is 4.94. The molecular weight excluding hydrogens is 230 g/mol. The van der Waals surface area contributed by atoms with Crippen molar-refractivity contribution in [3.63, 3.8) is 0 Å². The predicted molar refractivity (Wildman–Crippen MR) is 60.9 cm³/mol. The zero-order chi connectivity index (χ0) is 12.0. The summed E-state index contributed by atoms with van der Waals surface area (Å²) in [5.41, 5.74) is 0. The van der Waals surface area contributed by atoms with Gasteiger partial charge in [-0.2, -0.15) is 0 Å². The van der Waals surface area contributed by atoms with Crippen LogP contribution in [0, 0.1) is 0 Å². The molecule has 1 aliphatic rings. The highest BCUT2D eigenvalue weighted by Crippen LogP contribution is 2.11. The topological polar surface area (TPSA) is 72.5 Å². The average molecular weight is 249 g/mol. The Bertz CT molecular complexity index is 326. The number of esters is 1. The lowest BCUT2D eigenvalue weighted by Gasteiger charge is -2.09. The summed E-state index contributed by atoms with van der Waals surface area (Å²) in [5, 5.41) is 3.15. The van der Waals surface area contributed by atoms with Crippen molar-refractivity contribution in [2.75, 3.05) is 24.7 Å². The van der Waals surface area contributed by atoms with Crippen LogP contribution >= 0.6 is 0 Å². The Morgan fingerprint density at radius 3 is 2.81 bits per heavy atom. The molecular formula is C10H19NO4S. The third-order valence-corrected chi connectivity index (χ3v) is 4.30. The van der Waals surface area contributed by atoms with Crippen LogP contribution < -0.4 is 5.32 Å². The summed E-state index contributed by atoms with van der Waals surface area (Å²) in [6.07, 6.45) is 1.76. The SMILES string of the molecule is CCOC(=O)CCCNC1CCS(=O)(=O)C1. The van der Waals surface area contributed by atoms with Gasteiger partial charge in [-0.25, -0.2) is 8.42 Å². The molecule has 0 amide bonds. The summed E-state index contributed by atoms with van der Waals surface area (Å²) in [4.78, 5) is 11.0. The van der Waals surface area contributed by atoms with Gasteiger partial charge >= 0.3 is 5.97 Å². The summed E-state index contributed by atoms with van der Waals surface area (Å²) in [5.74, 6) is 0.318. The van der Waals surface area contributed by atoms with Gasteiger partial charge in [0.05, 0.1) is 18.1 Å². The van der Waals surface area contributed by atoms with Crippen LogP contribution in [0.25, 0.3) is 0 Å². The van der Waals surface area contributed by atoms with E-state index >= 15 is 0 Å². The third-order valence-electron chi connectivity index (χ3n) is 2.53. The Kier molecular flexibility index (Phi) is 5.21. The van der Waals surface area contributed by atoms with Gasteiger partial charge in [0.15, 0.2) is 9.84 Å². The molecule has 1 unspecified atom stereocenters. The minimum atomic E-state index is -2.81. The minimum Gasteiger partial charge on any atom is -0.466 e. The van der Waals surface area contributed by atoms with Gasteiger partial charge in [-0.3, -0.25) is 4.79 Å². The first-order valence-electron chi connectivity index (χ1n) is 5.63. The Labute approximate surface area is 96.5 Å². The van der Waals surface area contributed by atoms with Crippen LogP contribution in [0.1, 0.15) is 26.2 Å². The van der Waals surface area contributed by atoms with Crippen molar-refractivity contribution >= 4 is 15.8 Å². The molecule has 94 valence electrons. The lowest BCUT2D eigenvalue weighted by Crippen LogP contribution is -2.31. The number of nitrogens with one attached hydrogen (secondary N) is 1. The molecule has 0 aliphatic carbocycles. The second kappa shape index (κ2) is 6.20. The summed E-state index contributed by atoms with van der Waals surface area (Å²) in [6.45, 7) is 2.85. The van der Waals surface area contributed by atoms with Gasteiger partial charge in [0.2, 0.25) is 0 Å². The number of carbonyl (C=O) groups excluding carboxylic acids is 1. The van der Waals surface area contributed by atoms with Crippen LogP contribution in [0.5, 0.6) is 0 Å². The van der Waals surface area contributed by atoms with Gasteiger partial charge in [-0.15, -0.1) is 0 Å². The van der Waals surface area contributed by atoms with E-state index in [-0.39, 0.29) is 23.5 Å². The maximum absolute atomic E-state index is 11.2. The lowest BCUT2D eigenvalue weighted by molar-refractivity contribution is -0.143. The first kappa shape index (κ1) is 13.4. The van der Waals surface area contributed by atoms with E-state index < -0.39 is 9.84 Å². The smallest absolute Gasteiger partial charge is 0.305 e. The van der Waals surface area contributed by atoms with Crippen molar-refractivity contribution in [2.45, 2.75) is 32.2 Å². The Morgan fingerprint density at radius 1 is 1.50 bits per heavy atom. The van der Waals surface area contributed by atoms with Crippen molar-refractivity contribution in [1.29, 1.82) is 0 Å². The van der Waals surface area contributed by atoms with Crippen LogP contribution in [-0.4, -0.2) is 45.1 Å². The van der Waals surface area contributed by atoms with E-state index in [0.717, 1.165) is 0 Å². The maximum Gasteiger partial charge on any atom is 0.305 e. The molecule has 0 saturated carbocycles. The molecule has 1 fully saturated rings. The van der Waals surface area contributed by atoms with Gasteiger partial charge in [-0.05, 0) is 26.3 Å². The monoisotopic (exact) mass is 249 g/mol. The van der Waals surface area contributed by atoms with Crippen LogP contribution in [0.3, 0.4) is 0 Å². The van der Waals surface area contributed by atoms with Crippen LogP contribution in [-0.2, 0) is 19.4 Å². The molecule has 1 N–H and O–H groups in total. The number of ether oxygens (including phenoxy) is 1. The zero-order valence-electron chi connectivity index (χ0n) is 9.57. The van der Waals surface area contributed by atoms with Gasteiger partial charge in [0, 0.05) is 12.5 Å². The Morgan fingerprint density at radius 2 is 2.25 bits per heavy atom. The van der Waals surface area contributed by atoms with Gasteiger partial charge in [-0.1, -0.05) is 0 Å². The van der Waals surface area contributed by atoms with Crippen molar-refractivity contribution < 1.29 is 17.9 Å². The highest BCUT2D eigenvalue weighted by molar-refractivity contribution is 7.91. The van der Waals surface area contributed by atoms with E-state index in [1.807, 2.05) is 0 Å². The molecule has 0 aromatic rings. The van der Waals surface area contributed by atoms with Gasteiger partial charge in [0.1, 0.15) is 0 Å². The standard InChI is InChI=1S/C10H19NO4S/c1-2-15-10(12)4-3-6-11-9-5-7-16(13,14)8-9/h9,11H,2-8H2,1H3. The van der Waals surface area contributed by atoms with E-state index in [4.69, 9.17) is 4.74 Å². The zero-order valence-corrected chi connectivity index (χ0v) is 10.4. The first-order valence-corrected chi connectivity index (χ1v) is 7.45. The lowest BCUT2D eigenvalue weighted by atomic mass is 10.2. The fourth-order valence-electron chi connectivity index (χ4n) is 1.73. The predicted octanol–water partition coefficient (Wildman–Crippen LogP) is 0.106. The van der Waals surface area contributed by atoms with Crippen molar-refractivity contribution in [1.82, 2.24) is 5.32 Å². The Hall–Kier alpha value is -0.620. The summed E-state index contributed by atoms with van der Waals surface area (Å²) < 4.78 is 27.1. The fraction of sp³-hybridized carbons (Fsp3) is 0.900. The van der Waals surface area contributed by atoms with Crippen LogP contribution in [0.15, 0.2) is 0 Å². The van der Waals surface area contributed by atoms with E-state index in [9.17, 15) is 13.2 Å². The van der Waals surface area contributed by atoms with Crippen LogP contribution in [0.2, 0.25) is 0 Å². The molecule has 1 saturated heterocycles. The van der Waals surface area contributed by atoms with Crippen molar-refractivity contribution in [2.24, 2.45) is 0 Å². The fourth-order valence-corrected chi connectivity index (χ4v) is 3.44. The molecule has 0 aromatic carbocycles. The summed E-state index contributed by atoms with van der Waals surface area (Å²) >= 11 is 0. The molecule has 16 heavy (non-hydrogen) atoms. The molecule has 0 bridgehead atoms. The molecule has 5 nitrogen and oxygen atoms in total. The number of sulfone groups is 1. The van der Waals surface area contributed by atoms with Gasteiger partial charge < -0.3 is 10.1 Å². The largest absolute Gasteiger partial charge is 0.466 e. The summed E-state index contributed by atoms with van der Waals surface area (Å²) in [7, 11) is -2.81. The van der Waals surface area contributed by atoms with Crippen LogP contribution in [0.4, 0.5) is 0 Å². The molecule has 0 radical (unpaired) electrons. The van der Waals surface area contributed by atoms with E-state index in [1.54, 1.807) is 6.92 Å². The highest BCUT2D eigenvalue weighted by atomic mass is 32.2. The Balaban J connectivity index is 2.06. The van der Waals surface area contributed by atoms with Crippen molar-refractivity contribution in [3.8, 4) is 0 Å². The molecule has 1 aliphatic heterocycles. The molecule has 1 heterocycles. The molecule has 6 heteroatoms. The minimum absolute atomic E-state index is 0.0622. The number of rotatable bonds is 6. The summed E-state index contributed by atoms with van der Waals surface area (Å²) in [6, 6.07) is 0.0622. The van der Waals surface area contributed by atoms with E-state index in [1.165, 1.54) is 0 Å². The molecule has 1 rings (SSSR count). The van der Waals surface area contributed by atoms with Gasteiger partial charge in [0.25, 0.3) is 0 Å². The second-order valence-corrected chi connectivity index (χ2v) is 6.19. The normalized spacial score (nSPS) is 23.2. The number of carbonyl (C=O) groups is 1. The molecule has 0 spiro atoms. The number of hydrogen-bond donors (Lipinski definition) is 1. The maximum atomic E-state index is 11.2. The average Bonchev–Trinajstić information content (AvgIpc) is 2.54. The quantitative estimate of drug-likeness (QED) is 0.534. The highest BCUT2D eigenvalue weighted by Gasteiger charge is 2.26. The second-order valence-electron chi connectivity index (χ2n) is 3.96. The van der Waals surface area contributed by atoms with Crippen molar-refractivity contribution in [3.05, 3.63) is 0 Å². The van der Waals surface area contributed by atoms with E-state index in [0.29, 0.717) is 32.4 Å². The number of hydrogen-bond acceptors (Lipinski definition) is 5. The van der Waals surface area contributed by atoms with E-state index in [2.05, 4.69) is 5.32 Å².